The van der Waals surface area contributed by atoms with Crippen LogP contribution in [-0.2, 0) is 26.2 Å². The van der Waals surface area contributed by atoms with E-state index in [1.165, 1.54) is 11.9 Å². The van der Waals surface area contributed by atoms with Gasteiger partial charge in [-0.25, -0.2) is 8.42 Å². The van der Waals surface area contributed by atoms with E-state index < -0.39 is 28.5 Å². The number of amides is 2. The van der Waals surface area contributed by atoms with Crippen molar-refractivity contribution >= 4 is 39.1 Å². The van der Waals surface area contributed by atoms with Gasteiger partial charge in [-0.05, 0) is 49.2 Å². The minimum atomic E-state index is -3.79. The van der Waals surface area contributed by atoms with Crippen LogP contribution in [0.15, 0.2) is 48.5 Å². The number of hydrogen-bond acceptors (Lipinski definition) is 5. The molecule has 8 nitrogen and oxygen atoms in total. The molecule has 0 heterocycles. The third kappa shape index (κ3) is 7.10. The van der Waals surface area contributed by atoms with Gasteiger partial charge in [0, 0.05) is 18.6 Å². The van der Waals surface area contributed by atoms with Crippen LogP contribution in [0.2, 0.25) is 5.02 Å². The fourth-order valence-electron chi connectivity index (χ4n) is 3.39. The molecule has 0 aliphatic heterocycles. The number of carbonyl (C=O) groups is 2. The quantitative estimate of drug-likeness (QED) is 0.517. The van der Waals surface area contributed by atoms with Gasteiger partial charge < -0.3 is 15.0 Å². The maximum absolute atomic E-state index is 13.5. The van der Waals surface area contributed by atoms with Crippen molar-refractivity contribution in [2.45, 2.75) is 32.9 Å². The van der Waals surface area contributed by atoms with Crippen LogP contribution in [0.4, 0.5) is 5.69 Å². The maximum Gasteiger partial charge on any atom is 0.244 e. The highest BCUT2D eigenvalue weighted by atomic mass is 35.5. The number of halogens is 1. The summed E-state index contributed by atoms with van der Waals surface area (Å²) in [5.41, 5.74) is 0.974. The Hall–Kier alpha value is -2.78. The number of nitrogens with one attached hydrogen (secondary N) is 1. The molecule has 2 aromatic carbocycles. The largest absolute Gasteiger partial charge is 0.494 e. The summed E-state index contributed by atoms with van der Waals surface area (Å²) in [5, 5.41) is 3.03. The molecule has 0 aromatic heterocycles. The van der Waals surface area contributed by atoms with Crippen molar-refractivity contribution in [3.05, 3.63) is 59.1 Å². The van der Waals surface area contributed by atoms with Gasteiger partial charge in [0.1, 0.15) is 18.3 Å². The summed E-state index contributed by atoms with van der Waals surface area (Å²) in [6.07, 6.45) is 1.38. The Labute approximate surface area is 200 Å². The highest BCUT2D eigenvalue weighted by molar-refractivity contribution is 7.92. The minimum absolute atomic E-state index is 0.0608. The predicted molar refractivity (Wildman–Crippen MR) is 130 cm³/mol. The van der Waals surface area contributed by atoms with E-state index in [-0.39, 0.29) is 12.5 Å². The third-order valence-corrected chi connectivity index (χ3v) is 6.56. The number of anilines is 1. The van der Waals surface area contributed by atoms with E-state index in [9.17, 15) is 18.0 Å². The number of nitrogens with zero attached hydrogens (tertiary/aromatic N) is 2. The van der Waals surface area contributed by atoms with Crippen molar-refractivity contribution in [3.63, 3.8) is 0 Å². The van der Waals surface area contributed by atoms with Crippen LogP contribution in [-0.4, -0.2) is 57.6 Å². The van der Waals surface area contributed by atoms with Crippen LogP contribution in [0.25, 0.3) is 0 Å². The molecular formula is C23H30ClN3O5S. The van der Waals surface area contributed by atoms with E-state index in [4.69, 9.17) is 16.3 Å². The van der Waals surface area contributed by atoms with Crippen molar-refractivity contribution in [1.29, 1.82) is 0 Å². The summed E-state index contributed by atoms with van der Waals surface area (Å²) in [6, 6.07) is 12.7. The molecule has 0 spiro atoms. The number of sulfonamides is 1. The van der Waals surface area contributed by atoms with Gasteiger partial charge in [-0.15, -0.1) is 0 Å². The lowest BCUT2D eigenvalue weighted by Gasteiger charge is -2.32. The third-order valence-electron chi connectivity index (χ3n) is 5.05. The molecule has 33 heavy (non-hydrogen) atoms. The van der Waals surface area contributed by atoms with Gasteiger partial charge in [-0.3, -0.25) is 13.9 Å². The molecule has 2 amide bonds. The molecule has 0 bridgehead atoms. The fourth-order valence-corrected chi connectivity index (χ4v) is 4.43. The Morgan fingerprint density at radius 2 is 1.73 bits per heavy atom. The topological polar surface area (TPSA) is 96.0 Å². The predicted octanol–water partition coefficient (Wildman–Crippen LogP) is 3.06. The SMILES string of the molecule is CCOc1ccc(N(CC(=O)N(Cc2ccccc2Cl)[C@@H](CC)C(=O)NC)S(C)(=O)=O)cc1. The first kappa shape index (κ1) is 26.5. The van der Waals surface area contributed by atoms with Gasteiger partial charge in [0.25, 0.3) is 0 Å². The van der Waals surface area contributed by atoms with Crippen molar-refractivity contribution in [2.75, 3.05) is 30.8 Å². The summed E-state index contributed by atoms with van der Waals surface area (Å²) >= 11 is 6.29. The number of benzene rings is 2. The Kier molecular flexibility index (Phi) is 9.55. The van der Waals surface area contributed by atoms with Crippen LogP contribution in [0.1, 0.15) is 25.8 Å². The standard InChI is InChI=1S/C23H30ClN3O5S/c1-5-21(23(29)25-3)26(15-17-9-7-8-10-20(17)24)22(28)16-27(33(4,30)31)18-11-13-19(14-12-18)32-6-2/h7-14,21H,5-6,15-16H2,1-4H3,(H,25,29)/t21-/m0/s1. The first-order chi connectivity index (χ1) is 15.6. The lowest BCUT2D eigenvalue weighted by Crippen LogP contribution is -2.51. The number of likely N-dealkylation sites (N-methyl/N-ethyl adjacent to an activating group) is 1. The molecule has 0 saturated heterocycles. The van der Waals surface area contributed by atoms with Crippen LogP contribution in [0, 0.1) is 0 Å². The zero-order valence-corrected chi connectivity index (χ0v) is 20.8. The molecule has 0 aliphatic carbocycles. The average Bonchev–Trinajstić information content (AvgIpc) is 2.78. The molecule has 1 N–H and O–H groups in total. The number of ether oxygens (including phenoxy) is 1. The van der Waals surface area contributed by atoms with Crippen molar-refractivity contribution in [1.82, 2.24) is 10.2 Å². The van der Waals surface area contributed by atoms with Crippen molar-refractivity contribution in [3.8, 4) is 5.75 Å². The molecule has 0 radical (unpaired) electrons. The first-order valence-corrected chi connectivity index (χ1v) is 12.8. The van der Waals surface area contributed by atoms with E-state index in [1.54, 1.807) is 55.5 Å². The molecule has 0 unspecified atom stereocenters. The van der Waals surface area contributed by atoms with Crippen molar-refractivity contribution in [2.24, 2.45) is 0 Å². The number of hydrogen-bond donors (Lipinski definition) is 1. The second kappa shape index (κ2) is 11.9. The summed E-state index contributed by atoms with van der Waals surface area (Å²) in [5.74, 6) is -0.276. The highest BCUT2D eigenvalue weighted by Gasteiger charge is 2.31. The monoisotopic (exact) mass is 495 g/mol. The Morgan fingerprint density at radius 3 is 2.24 bits per heavy atom. The van der Waals surface area contributed by atoms with E-state index in [0.717, 1.165) is 10.6 Å². The highest BCUT2D eigenvalue weighted by Crippen LogP contribution is 2.24. The van der Waals surface area contributed by atoms with E-state index >= 15 is 0 Å². The lowest BCUT2D eigenvalue weighted by atomic mass is 10.1. The minimum Gasteiger partial charge on any atom is -0.494 e. The zero-order valence-electron chi connectivity index (χ0n) is 19.2. The van der Waals surface area contributed by atoms with Crippen molar-refractivity contribution < 1.29 is 22.7 Å². The average molecular weight is 496 g/mol. The maximum atomic E-state index is 13.5. The fraction of sp³-hybridized carbons (Fsp3) is 0.391. The van der Waals surface area contributed by atoms with Crippen LogP contribution in [0.3, 0.4) is 0 Å². The molecule has 1 atom stereocenters. The lowest BCUT2D eigenvalue weighted by molar-refractivity contribution is -0.140. The number of carbonyl (C=O) groups excluding carboxylic acids is 2. The van der Waals surface area contributed by atoms with Crippen LogP contribution in [0.5, 0.6) is 5.75 Å². The molecule has 2 rings (SSSR count). The molecule has 10 heteroatoms. The number of rotatable bonds is 11. The molecule has 0 aliphatic rings. The normalized spacial score (nSPS) is 12.0. The van der Waals surface area contributed by atoms with Gasteiger partial charge in [-0.2, -0.15) is 0 Å². The molecule has 180 valence electrons. The second-order valence-electron chi connectivity index (χ2n) is 7.35. The Bertz CT molecular complexity index is 1060. The Balaban J connectivity index is 2.41. The summed E-state index contributed by atoms with van der Waals surface area (Å²) < 4.78 is 31.6. The zero-order chi connectivity index (χ0) is 24.6. The first-order valence-electron chi connectivity index (χ1n) is 10.6. The summed E-state index contributed by atoms with van der Waals surface area (Å²) in [4.78, 5) is 27.4. The van der Waals surface area contributed by atoms with E-state index in [0.29, 0.717) is 35.1 Å². The van der Waals surface area contributed by atoms with Gasteiger partial charge in [0.05, 0.1) is 18.6 Å². The molecule has 2 aromatic rings. The molecule has 0 saturated carbocycles. The van der Waals surface area contributed by atoms with Gasteiger partial charge in [-0.1, -0.05) is 36.7 Å². The van der Waals surface area contributed by atoms with E-state index in [1.807, 2.05) is 6.92 Å². The summed E-state index contributed by atoms with van der Waals surface area (Å²) in [7, 11) is -2.30. The Morgan fingerprint density at radius 1 is 1.09 bits per heavy atom. The van der Waals surface area contributed by atoms with E-state index in [2.05, 4.69) is 5.32 Å². The second-order valence-corrected chi connectivity index (χ2v) is 9.66. The molecule has 0 fully saturated rings. The van der Waals surface area contributed by atoms with Gasteiger partial charge >= 0.3 is 0 Å². The summed E-state index contributed by atoms with van der Waals surface area (Å²) in [6.45, 7) is 3.70. The van der Waals surface area contributed by atoms with Gasteiger partial charge in [0.15, 0.2) is 0 Å². The van der Waals surface area contributed by atoms with Crippen LogP contribution >= 0.6 is 11.6 Å². The molecular weight excluding hydrogens is 466 g/mol. The van der Waals surface area contributed by atoms with Crippen LogP contribution < -0.4 is 14.4 Å². The smallest absolute Gasteiger partial charge is 0.244 e. The van der Waals surface area contributed by atoms with Gasteiger partial charge in [0.2, 0.25) is 21.8 Å².